The van der Waals surface area contributed by atoms with E-state index in [1.807, 2.05) is 0 Å². The predicted octanol–water partition coefficient (Wildman–Crippen LogP) is 4.99. The number of halogens is 1. The van der Waals surface area contributed by atoms with E-state index >= 15 is 0 Å². The monoisotopic (exact) mass is 303 g/mol. The van der Waals surface area contributed by atoms with Gasteiger partial charge in [-0.1, -0.05) is 34.1 Å². The second-order valence-corrected chi connectivity index (χ2v) is 5.71. The Morgan fingerprint density at radius 3 is 2.39 bits per heavy atom. The lowest BCUT2D eigenvalue weighted by molar-refractivity contribution is 1.13. The van der Waals surface area contributed by atoms with Crippen LogP contribution in [0.4, 0.5) is 5.69 Å². The zero-order valence-corrected chi connectivity index (χ0v) is 12.6. The first kappa shape index (κ1) is 13.2. The minimum absolute atomic E-state index is 0.858. The van der Waals surface area contributed by atoms with Crippen molar-refractivity contribution in [2.45, 2.75) is 27.3 Å². The van der Waals surface area contributed by atoms with Gasteiger partial charge in [-0.15, -0.1) is 0 Å². The third-order valence-corrected chi connectivity index (χ3v) is 3.57. The number of aryl methyl sites for hydroxylation is 3. The molecule has 2 aromatic rings. The Morgan fingerprint density at radius 2 is 1.72 bits per heavy atom. The van der Waals surface area contributed by atoms with Crippen LogP contribution in [0.2, 0.25) is 0 Å². The van der Waals surface area contributed by atoms with E-state index in [2.05, 4.69) is 78.4 Å². The topological polar surface area (TPSA) is 12.0 Å². The maximum absolute atomic E-state index is 3.52. The lowest BCUT2D eigenvalue weighted by Crippen LogP contribution is -2.00. The van der Waals surface area contributed by atoms with Gasteiger partial charge in [0.1, 0.15) is 0 Å². The van der Waals surface area contributed by atoms with Crippen LogP contribution < -0.4 is 5.32 Å². The first-order valence-electron chi connectivity index (χ1n) is 6.12. The van der Waals surface area contributed by atoms with E-state index in [1.54, 1.807) is 0 Å². The number of rotatable bonds is 3. The molecule has 0 atom stereocenters. The molecule has 0 heterocycles. The van der Waals surface area contributed by atoms with Gasteiger partial charge in [0, 0.05) is 16.7 Å². The van der Waals surface area contributed by atoms with Crippen molar-refractivity contribution in [3.05, 3.63) is 63.1 Å². The molecule has 0 fully saturated rings. The molecule has 0 aliphatic rings. The molecule has 1 N–H and O–H groups in total. The summed E-state index contributed by atoms with van der Waals surface area (Å²) in [7, 11) is 0. The molecular weight excluding hydrogens is 286 g/mol. The second-order valence-electron chi connectivity index (χ2n) is 4.79. The molecule has 0 unspecified atom stereocenters. The van der Waals surface area contributed by atoms with Crippen LogP contribution in [0.5, 0.6) is 0 Å². The van der Waals surface area contributed by atoms with Gasteiger partial charge in [-0.2, -0.15) is 0 Å². The fraction of sp³-hybridized carbons (Fsp3) is 0.250. The summed E-state index contributed by atoms with van der Waals surface area (Å²) in [5, 5.41) is 3.46. The Hall–Kier alpha value is -1.28. The van der Waals surface area contributed by atoms with Crippen LogP contribution in [-0.2, 0) is 6.54 Å². The molecule has 2 heteroatoms. The van der Waals surface area contributed by atoms with Crippen LogP contribution >= 0.6 is 15.9 Å². The SMILES string of the molecule is Cc1cc(Br)cc(NCc2ccc(C)c(C)c2)c1. The van der Waals surface area contributed by atoms with Crippen LogP contribution in [0, 0.1) is 20.8 Å². The molecule has 0 aromatic heterocycles. The molecular formula is C16H18BrN. The summed E-state index contributed by atoms with van der Waals surface area (Å²) in [4.78, 5) is 0. The molecule has 18 heavy (non-hydrogen) atoms. The van der Waals surface area contributed by atoms with E-state index in [1.165, 1.54) is 22.3 Å². The van der Waals surface area contributed by atoms with Gasteiger partial charge in [-0.25, -0.2) is 0 Å². The zero-order chi connectivity index (χ0) is 13.1. The smallest absolute Gasteiger partial charge is 0.0400 e. The Morgan fingerprint density at radius 1 is 0.944 bits per heavy atom. The first-order valence-corrected chi connectivity index (χ1v) is 6.91. The van der Waals surface area contributed by atoms with Gasteiger partial charge < -0.3 is 5.32 Å². The fourth-order valence-corrected chi connectivity index (χ4v) is 2.56. The number of benzene rings is 2. The van der Waals surface area contributed by atoms with Crippen molar-refractivity contribution in [3.63, 3.8) is 0 Å². The Kier molecular flexibility index (Phi) is 4.07. The van der Waals surface area contributed by atoms with Crippen molar-refractivity contribution in [2.75, 3.05) is 5.32 Å². The molecule has 0 amide bonds. The van der Waals surface area contributed by atoms with Gasteiger partial charge in [0.05, 0.1) is 0 Å². The van der Waals surface area contributed by atoms with Crippen molar-refractivity contribution < 1.29 is 0 Å². The highest BCUT2D eigenvalue weighted by atomic mass is 79.9. The fourth-order valence-electron chi connectivity index (χ4n) is 1.96. The second kappa shape index (κ2) is 5.57. The summed E-state index contributed by atoms with van der Waals surface area (Å²) in [6.45, 7) is 7.26. The standard InChI is InChI=1S/C16H18BrN/c1-11-6-15(17)9-16(7-11)18-10-14-5-4-12(2)13(3)8-14/h4-9,18H,10H2,1-3H3. The quantitative estimate of drug-likeness (QED) is 0.842. The summed E-state index contributed by atoms with van der Waals surface area (Å²) in [5.74, 6) is 0. The van der Waals surface area contributed by atoms with Gasteiger partial charge >= 0.3 is 0 Å². The molecule has 2 aromatic carbocycles. The highest BCUT2D eigenvalue weighted by Crippen LogP contribution is 2.20. The lowest BCUT2D eigenvalue weighted by Gasteiger charge is -2.09. The van der Waals surface area contributed by atoms with E-state index in [0.717, 1.165) is 16.7 Å². The van der Waals surface area contributed by atoms with Crippen molar-refractivity contribution in [1.82, 2.24) is 0 Å². The van der Waals surface area contributed by atoms with Gasteiger partial charge in [-0.05, 0) is 61.2 Å². The average molecular weight is 304 g/mol. The zero-order valence-electron chi connectivity index (χ0n) is 11.0. The summed E-state index contributed by atoms with van der Waals surface area (Å²) in [5.41, 5.74) is 6.42. The van der Waals surface area contributed by atoms with Gasteiger partial charge in [0.2, 0.25) is 0 Å². The van der Waals surface area contributed by atoms with Crippen LogP contribution in [0.3, 0.4) is 0 Å². The minimum atomic E-state index is 0.858. The first-order chi connectivity index (χ1) is 8.54. The Bertz CT molecular complexity index is 541. The largest absolute Gasteiger partial charge is 0.381 e. The van der Waals surface area contributed by atoms with Gasteiger partial charge in [-0.3, -0.25) is 0 Å². The maximum Gasteiger partial charge on any atom is 0.0400 e. The number of anilines is 1. The molecule has 0 saturated carbocycles. The molecule has 94 valence electrons. The molecule has 0 bridgehead atoms. The number of hydrogen-bond acceptors (Lipinski definition) is 1. The van der Waals surface area contributed by atoms with E-state index in [9.17, 15) is 0 Å². The minimum Gasteiger partial charge on any atom is -0.381 e. The molecule has 0 saturated heterocycles. The van der Waals surface area contributed by atoms with E-state index in [0.29, 0.717) is 0 Å². The third-order valence-electron chi connectivity index (χ3n) is 3.11. The van der Waals surface area contributed by atoms with E-state index < -0.39 is 0 Å². The molecule has 0 radical (unpaired) electrons. The van der Waals surface area contributed by atoms with E-state index in [-0.39, 0.29) is 0 Å². The van der Waals surface area contributed by atoms with Crippen LogP contribution in [-0.4, -0.2) is 0 Å². The molecule has 2 rings (SSSR count). The van der Waals surface area contributed by atoms with Gasteiger partial charge in [0.25, 0.3) is 0 Å². The molecule has 0 aliphatic carbocycles. The maximum atomic E-state index is 3.52. The molecule has 0 aliphatic heterocycles. The lowest BCUT2D eigenvalue weighted by atomic mass is 10.1. The van der Waals surface area contributed by atoms with Crippen molar-refractivity contribution in [2.24, 2.45) is 0 Å². The normalized spacial score (nSPS) is 10.4. The summed E-state index contributed by atoms with van der Waals surface area (Å²) >= 11 is 3.52. The van der Waals surface area contributed by atoms with Crippen LogP contribution in [0.1, 0.15) is 22.3 Å². The highest BCUT2D eigenvalue weighted by molar-refractivity contribution is 9.10. The third kappa shape index (κ3) is 3.36. The molecule has 1 nitrogen and oxygen atoms in total. The van der Waals surface area contributed by atoms with Crippen molar-refractivity contribution >= 4 is 21.6 Å². The van der Waals surface area contributed by atoms with Crippen molar-refractivity contribution in [1.29, 1.82) is 0 Å². The Labute approximate surface area is 117 Å². The summed E-state index contributed by atoms with van der Waals surface area (Å²) in [6.07, 6.45) is 0. The van der Waals surface area contributed by atoms with Crippen molar-refractivity contribution in [3.8, 4) is 0 Å². The van der Waals surface area contributed by atoms with Crippen LogP contribution in [0.25, 0.3) is 0 Å². The highest BCUT2D eigenvalue weighted by Gasteiger charge is 1.99. The summed E-state index contributed by atoms with van der Waals surface area (Å²) in [6, 6.07) is 13.0. The average Bonchev–Trinajstić information content (AvgIpc) is 2.29. The Balaban J connectivity index is 2.08. The van der Waals surface area contributed by atoms with E-state index in [4.69, 9.17) is 0 Å². The number of hydrogen-bond donors (Lipinski definition) is 1. The molecule has 0 spiro atoms. The summed E-state index contributed by atoms with van der Waals surface area (Å²) < 4.78 is 1.12. The number of nitrogens with one attached hydrogen (secondary N) is 1. The predicted molar refractivity (Wildman–Crippen MR) is 82.1 cm³/mol. The van der Waals surface area contributed by atoms with Crippen LogP contribution in [0.15, 0.2) is 40.9 Å². The van der Waals surface area contributed by atoms with Gasteiger partial charge in [0.15, 0.2) is 0 Å².